The van der Waals surface area contributed by atoms with Gasteiger partial charge >= 0.3 is 0 Å². The van der Waals surface area contributed by atoms with Crippen molar-refractivity contribution >= 4 is 5.91 Å². The second kappa shape index (κ2) is 5.79. The van der Waals surface area contributed by atoms with E-state index in [4.69, 9.17) is 4.74 Å². The van der Waals surface area contributed by atoms with Crippen molar-refractivity contribution in [3.8, 4) is 5.75 Å². The largest absolute Gasteiger partial charge is 0.497 e. The van der Waals surface area contributed by atoms with Gasteiger partial charge in [0, 0.05) is 24.8 Å². The number of ether oxygens (including phenoxy) is 1. The van der Waals surface area contributed by atoms with Gasteiger partial charge in [0.15, 0.2) is 0 Å². The molecule has 1 aromatic rings. The third-order valence-electron chi connectivity index (χ3n) is 4.34. The normalized spacial score (nSPS) is 28.8. The Morgan fingerprint density at radius 3 is 3.00 bits per heavy atom. The van der Waals surface area contributed by atoms with Crippen molar-refractivity contribution in [2.75, 3.05) is 26.7 Å². The number of amides is 1. The molecule has 2 bridgehead atoms. The molecular formula is C15H21N3O2. The molecule has 0 saturated carbocycles. The highest BCUT2D eigenvalue weighted by atomic mass is 16.5. The highest BCUT2D eigenvalue weighted by Crippen LogP contribution is 2.26. The van der Waals surface area contributed by atoms with Crippen LogP contribution in [0.1, 0.15) is 29.8 Å². The number of carbonyl (C=O) groups is 1. The molecule has 3 aliphatic rings. The molecule has 5 heteroatoms. The van der Waals surface area contributed by atoms with Gasteiger partial charge in [-0.3, -0.25) is 9.78 Å². The van der Waals surface area contributed by atoms with Crippen LogP contribution < -0.4 is 10.1 Å². The first-order chi connectivity index (χ1) is 9.74. The minimum absolute atomic E-state index is 0.101. The van der Waals surface area contributed by atoms with E-state index in [0.717, 1.165) is 18.9 Å². The van der Waals surface area contributed by atoms with Crippen LogP contribution in [0.4, 0.5) is 0 Å². The number of fused-ring (bicyclic) bond motifs is 4. The van der Waals surface area contributed by atoms with Crippen molar-refractivity contribution in [2.45, 2.75) is 25.3 Å². The number of hydrogen-bond donors (Lipinski definition) is 1. The second-order valence-corrected chi connectivity index (χ2v) is 5.73. The summed E-state index contributed by atoms with van der Waals surface area (Å²) in [4.78, 5) is 18.9. The van der Waals surface area contributed by atoms with E-state index in [1.165, 1.54) is 25.9 Å². The van der Waals surface area contributed by atoms with Crippen LogP contribution in [0.25, 0.3) is 0 Å². The number of aromatic nitrogens is 1. The lowest BCUT2D eigenvalue weighted by molar-refractivity contribution is 0.0923. The summed E-state index contributed by atoms with van der Waals surface area (Å²) in [6, 6.07) is 3.67. The maximum Gasteiger partial charge on any atom is 0.270 e. The fourth-order valence-corrected chi connectivity index (χ4v) is 3.22. The summed E-state index contributed by atoms with van der Waals surface area (Å²) in [6.07, 6.45) is 5.23. The number of nitrogens with one attached hydrogen (secondary N) is 1. The van der Waals surface area contributed by atoms with Crippen LogP contribution in [0.15, 0.2) is 18.3 Å². The van der Waals surface area contributed by atoms with E-state index < -0.39 is 0 Å². The number of pyridine rings is 1. The predicted octanol–water partition coefficient (Wildman–Crippen LogP) is 1.30. The van der Waals surface area contributed by atoms with Gasteiger partial charge in [-0.2, -0.15) is 0 Å². The zero-order valence-corrected chi connectivity index (χ0v) is 11.8. The Morgan fingerprint density at radius 1 is 1.45 bits per heavy atom. The van der Waals surface area contributed by atoms with E-state index in [-0.39, 0.29) is 11.9 Å². The lowest BCUT2D eigenvalue weighted by Gasteiger charge is -2.26. The lowest BCUT2D eigenvalue weighted by Crippen LogP contribution is -2.42. The molecule has 0 radical (unpaired) electrons. The topological polar surface area (TPSA) is 54.5 Å². The Labute approximate surface area is 119 Å². The number of methoxy groups -OCH3 is 1. The molecule has 1 atom stereocenters. The van der Waals surface area contributed by atoms with Crippen LogP contribution in [-0.2, 0) is 0 Å². The second-order valence-electron chi connectivity index (χ2n) is 5.73. The molecule has 20 heavy (non-hydrogen) atoms. The number of nitrogens with zero attached hydrogens (tertiary/aromatic N) is 2. The quantitative estimate of drug-likeness (QED) is 0.903. The van der Waals surface area contributed by atoms with Crippen molar-refractivity contribution in [3.05, 3.63) is 24.0 Å². The first-order valence-corrected chi connectivity index (χ1v) is 7.28. The van der Waals surface area contributed by atoms with Gasteiger partial charge in [0.05, 0.1) is 7.11 Å². The van der Waals surface area contributed by atoms with Crippen molar-refractivity contribution in [1.82, 2.24) is 15.2 Å². The minimum atomic E-state index is -0.101. The number of piperidine rings is 1. The van der Waals surface area contributed by atoms with Crippen LogP contribution in [0.2, 0.25) is 0 Å². The first-order valence-electron chi connectivity index (χ1n) is 7.28. The van der Waals surface area contributed by atoms with Crippen LogP contribution in [-0.4, -0.2) is 48.6 Å². The summed E-state index contributed by atoms with van der Waals surface area (Å²) in [5.41, 5.74) is 0.427. The third kappa shape index (κ3) is 2.93. The molecule has 0 spiro atoms. The standard InChI is InChI=1S/C15H21N3O2/c1-20-13-2-5-16-14(9-13)15(19)17-12-8-11-3-6-18(10-12)7-4-11/h2,5,9,11-12H,3-4,6-8,10H2,1H3,(H,17,19)/t12-/m1/s1. The fourth-order valence-electron chi connectivity index (χ4n) is 3.22. The van der Waals surface area contributed by atoms with Crippen LogP contribution in [0.5, 0.6) is 5.75 Å². The van der Waals surface area contributed by atoms with E-state index >= 15 is 0 Å². The Morgan fingerprint density at radius 2 is 2.25 bits per heavy atom. The molecule has 4 rings (SSSR count). The predicted molar refractivity (Wildman–Crippen MR) is 75.8 cm³/mol. The van der Waals surface area contributed by atoms with E-state index in [1.807, 2.05) is 0 Å². The molecule has 3 fully saturated rings. The van der Waals surface area contributed by atoms with E-state index in [9.17, 15) is 4.79 Å². The molecule has 0 aromatic carbocycles. The van der Waals surface area contributed by atoms with Crippen molar-refractivity contribution in [3.63, 3.8) is 0 Å². The average Bonchev–Trinajstić information content (AvgIpc) is 2.79. The van der Waals surface area contributed by atoms with Gasteiger partial charge in [-0.15, -0.1) is 0 Å². The SMILES string of the molecule is COc1ccnc(C(=O)N[C@@H]2CC3CCN(CC3)C2)c1. The molecule has 1 N–H and O–H groups in total. The van der Waals surface area contributed by atoms with Crippen molar-refractivity contribution in [1.29, 1.82) is 0 Å². The van der Waals surface area contributed by atoms with Crippen molar-refractivity contribution < 1.29 is 9.53 Å². The number of carbonyl (C=O) groups excluding carboxylic acids is 1. The van der Waals surface area contributed by atoms with E-state index in [0.29, 0.717) is 11.4 Å². The molecule has 1 amide bonds. The number of rotatable bonds is 3. The summed E-state index contributed by atoms with van der Waals surface area (Å²) in [7, 11) is 1.59. The van der Waals surface area contributed by atoms with Gasteiger partial charge in [-0.05, 0) is 44.3 Å². The smallest absolute Gasteiger partial charge is 0.270 e. The van der Waals surface area contributed by atoms with Crippen LogP contribution in [0, 0.1) is 5.92 Å². The third-order valence-corrected chi connectivity index (χ3v) is 4.34. The van der Waals surface area contributed by atoms with Gasteiger partial charge in [-0.25, -0.2) is 0 Å². The fraction of sp³-hybridized carbons (Fsp3) is 0.600. The highest BCUT2D eigenvalue weighted by molar-refractivity contribution is 5.92. The van der Waals surface area contributed by atoms with Gasteiger partial charge in [-0.1, -0.05) is 0 Å². The molecule has 0 unspecified atom stereocenters. The zero-order valence-electron chi connectivity index (χ0n) is 11.8. The zero-order chi connectivity index (χ0) is 13.9. The lowest BCUT2D eigenvalue weighted by atomic mass is 9.94. The molecule has 4 heterocycles. The van der Waals surface area contributed by atoms with Crippen LogP contribution in [0.3, 0.4) is 0 Å². The summed E-state index contributed by atoms with van der Waals surface area (Å²) in [5, 5.41) is 3.13. The molecule has 108 valence electrons. The van der Waals surface area contributed by atoms with Gasteiger partial charge in [0.2, 0.25) is 0 Å². The molecule has 1 aromatic heterocycles. The van der Waals surface area contributed by atoms with E-state index in [2.05, 4.69) is 15.2 Å². The summed E-state index contributed by atoms with van der Waals surface area (Å²) >= 11 is 0. The monoisotopic (exact) mass is 275 g/mol. The maximum atomic E-state index is 12.3. The van der Waals surface area contributed by atoms with E-state index in [1.54, 1.807) is 25.4 Å². The first kappa shape index (κ1) is 13.4. The Balaban J connectivity index is 1.66. The number of hydrogen-bond acceptors (Lipinski definition) is 4. The molecule has 5 nitrogen and oxygen atoms in total. The average molecular weight is 275 g/mol. The van der Waals surface area contributed by atoms with Crippen molar-refractivity contribution in [2.24, 2.45) is 5.92 Å². The summed E-state index contributed by atoms with van der Waals surface area (Å²) in [6.45, 7) is 3.31. The molecular weight excluding hydrogens is 254 g/mol. The minimum Gasteiger partial charge on any atom is -0.497 e. The molecule has 0 aliphatic carbocycles. The Kier molecular flexibility index (Phi) is 3.87. The highest BCUT2D eigenvalue weighted by Gasteiger charge is 2.30. The summed E-state index contributed by atoms with van der Waals surface area (Å²) in [5.74, 6) is 1.32. The molecule has 3 aliphatic heterocycles. The van der Waals surface area contributed by atoms with Gasteiger partial charge in [0.1, 0.15) is 11.4 Å². The van der Waals surface area contributed by atoms with Crippen LogP contribution >= 0.6 is 0 Å². The van der Waals surface area contributed by atoms with Gasteiger partial charge in [0.25, 0.3) is 5.91 Å². The maximum absolute atomic E-state index is 12.3. The Bertz CT molecular complexity index is 470. The summed E-state index contributed by atoms with van der Waals surface area (Å²) < 4.78 is 5.13. The van der Waals surface area contributed by atoms with Gasteiger partial charge < -0.3 is 15.0 Å². The molecule has 3 saturated heterocycles. The Hall–Kier alpha value is -1.62.